The van der Waals surface area contributed by atoms with Gasteiger partial charge in [-0.25, -0.2) is 0 Å². The number of carbonyl (C=O) groups excluding carboxylic acids is 1. The van der Waals surface area contributed by atoms with Crippen LogP contribution in [-0.4, -0.2) is 12.1 Å². The number of hydrogen-bond acceptors (Lipinski definition) is 2. The number of ether oxygens (including phenoxy) is 1. The maximum Gasteiger partial charge on any atom is 0.306 e. The van der Waals surface area contributed by atoms with Crippen LogP contribution in [0.4, 0.5) is 0 Å². The summed E-state index contributed by atoms with van der Waals surface area (Å²) < 4.78 is 6.12. The molecule has 0 aromatic carbocycles. The summed E-state index contributed by atoms with van der Waals surface area (Å²) >= 11 is 0. The first-order valence-corrected chi connectivity index (χ1v) is 21.1. The number of fused-ring (bicyclic) bond motifs is 5. The topological polar surface area (TPSA) is 26.3 Å². The van der Waals surface area contributed by atoms with E-state index in [2.05, 4.69) is 103 Å². The average molecular weight is 673 g/mol. The fourth-order valence-corrected chi connectivity index (χ4v) is 10.8. The van der Waals surface area contributed by atoms with Gasteiger partial charge in [-0.05, 0) is 142 Å². The van der Waals surface area contributed by atoms with Crippen molar-refractivity contribution in [2.45, 2.75) is 177 Å². The zero-order valence-electron chi connectivity index (χ0n) is 33.1. The van der Waals surface area contributed by atoms with Gasteiger partial charge in [0.2, 0.25) is 0 Å². The summed E-state index contributed by atoms with van der Waals surface area (Å²) in [7, 11) is 0. The predicted octanol–water partition coefficient (Wildman–Crippen LogP) is 13.9. The first-order valence-electron chi connectivity index (χ1n) is 21.1. The van der Waals surface area contributed by atoms with Crippen molar-refractivity contribution in [3.05, 3.63) is 60.3 Å². The van der Waals surface area contributed by atoms with Crippen molar-refractivity contribution in [1.82, 2.24) is 0 Å². The van der Waals surface area contributed by atoms with E-state index in [0.717, 1.165) is 106 Å². The lowest BCUT2D eigenvalue weighted by atomic mass is 9.47. The summed E-state index contributed by atoms with van der Waals surface area (Å²) in [5.74, 6) is 6.01. The van der Waals surface area contributed by atoms with Gasteiger partial charge in [0.15, 0.2) is 0 Å². The van der Waals surface area contributed by atoms with E-state index in [1.807, 2.05) is 0 Å². The summed E-state index contributed by atoms with van der Waals surface area (Å²) in [5.41, 5.74) is 2.48. The molecule has 49 heavy (non-hydrogen) atoms. The molecule has 0 saturated heterocycles. The van der Waals surface area contributed by atoms with Gasteiger partial charge in [0.1, 0.15) is 6.10 Å². The predicted molar refractivity (Wildman–Crippen MR) is 211 cm³/mol. The van der Waals surface area contributed by atoms with E-state index >= 15 is 0 Å². The largest absolute Gasteiger partial charge is 0.462 e. The third-order valence-electron chi connectivity index (χ3n) is 14.3. The molecule has 0 aromatic rings. The Morgan fingerprint density at radius 3 is 2.20 bits per heavy atom. The van der Waals surface area contributed by atoms with Gasteiger partial charge >= 0.3 is 5.97 Å². The van der Waals surface area contributed by atoms with Crippen LogP contribution in [0, 0.1) is 52.3 Å². The third-order valence-corrected chi connectivity index (χ3v) is 14.3. The fourth-order valence-electron chi connectivity index (χ4n) is 10.8. The minimum atomic E-state index is 0.0290. The maximum absolute atomic E-state index is 12.8. The molecule has 3 fully saturated rings. The van der Waals surface area contributed by atoms with Crippen LogP contribution in [0.1, 0.15) is 170 Å². The highest BCUT2D eigenvalue weighted by Gasteiger charge is 2.59. The quantitative estimate of drug-likeness (QED) is 0.0775. The average Bonchev–Trinajstić information content (AvgIpc) is 3.44. The van der Waals surface area contributed by atoms with Gasteiger partial charge in [0.25, 0.3) is 0 Å². The molecule has 0 N–H and O–H groups in total. The van der Waals surface area contributed by atoms with E-state index in [1.54, 1.807) is 5.57 Å². The van der Waals surface area contributed by atoms with Gasteiger partial charge in [-0.2, -0.15) is 0 Å². The molecule has 9 unspecified atom stereocenters. The lowest BCUT2D eigenvalue weighted by Crippen LogP contribution is -2.51. The number of carbonyl (C=O) groups is 1. The molecule has 2 nitrogen and oxygen atoms in total. The Kier molecular flexibility index (Phi) is 16.1. The molecular weight excluding hydrogens is 597 g/mol. The molecular formula is C47H76O2. The van der Waals surface area contributed by atoms with E-state index in [0.29, 0.717) is 17.3 Å². The van der Waals surface area contributed by atoms with Crippen molar-refractivity contribution in [3.8, 4) is 0 Å². The second-order valence-electron chi connectivity index (χ2n) is 17.7. The summed E-state index contributed by atoms with van der Waals surface area (Å²) in [5, 5.41) is 0. The number of hydrogen-bond donors (Lipinski definition) is 0. The Morgan fingerprint density at radius 2 is 1.51 bits per heavy atom. The molecule has 0 heterocycles. The van der Waals surface area contributed by atoms with Crippen LogP contribution < -0.4 is 0 Å². The maximum atomic E-state index is 12.8. The molecule has 4 rings (SSSR count). The van der Waals surface area contributed by atoms with Crippen molar-refractivity contribution in [2.24, 2.45) is 52.3 Å². The van der Waals surface area contributed by atoms with Crippen molar-refractivity contribution in [2.75, 3.05) is 0 Å². The first kappa shape index (κ1) is 39.9. The summed E-state index contributed by atoms with van der Waals surface area (Å²) in [6.45, 7) is 17.3. The number of unbranched alkanes of at least 4 members (excludes halogenated alkanes) is 3. The molecule has 2 heteroatoms. The van der Waals surface area contributed by atoms with Crippen LogP contribution in [0.5, 0.6) is 0 Å². The minimum absolute atomic E-state index is 0.0290. The van der Waals surface area contributed by atoms with Crippen LogP contribution in [0.3, 0.4) is 0 Å². The van der Waals surface area contributed by atoms with Crippen LogP contribution >= 0.6 is 0 Å². The molecule has 0 amide bonds. The summed E-state index contributed by atoms with van der Waals surface area (Å²) in [6, 6.07) is 0. The minimum Gasteiger partial charge on any atom is -0.462 e. The highest BCUT2D eigenvalue weighted by Crippen LogP contribution is 2.67. The van der Waals surface area contributed by atoms with E-state index in [1.165, 1.54) is 51.4 Å². The van der Waals surface area contributed by atoms with E-state index < -0.39 is 0 Å². The van der Waals surface area contributed by atoms with E-state index in [4.69, 9.17) is 4.74 Å². The van der Waals surface area contributed by atoms with E-state index in [9.17, 15) is 4.79 Å². The Labute approximate surface area is 303 Å². The van der Waals surface area contributed by atoms with Crippen molar-refractivity contribution >= 4 is 5.97 Å². The normalized spacial score (nSPS) is 32.9. The smallest absolute Gasteiger partial charge is 0.306 e. The Bertz CT molecular complexity index is 1150. The van der Waals surface area contributed by atoms with Gasteiger partial charge in [0, 0.05) is 12.8 Å². The lowest BCUT2D eigenvalue weighted by molar-refractivity contribution is -0.151. The second-order valence-corrected chi connectivity index (χ2v) is 17.7. The molecule has 0 bridgehead atoms. The van der Waals surface area contributed by atoms with Gasteiger partial charge < -0.3 is 4.74 Å². The zero-order chi connectivity index (χ0) is 35.3. The molecule has 276 valence electrons. The highest BCUT2D eigenvalue weighted by molar-refractivity contribution is 5.69. The summed E-state index contributed by atoms with van der Waals surface area (Å²) in [4.78, 5) is 12.8. The van der Waals surface area contributed by atoms with Gasteiger partial charge in [-0.15, -0.1) is 0 Å². The van der Waals surface area contributed by atoms with Crippen LogP contribution in [0.25, 0.3) is 0 Å². The van der Waals surface area contributed by atoms with Crippen LogP contribution in [0.15, 0.2) is 60.3 Å². The molecule has 4 aliphatic rings. The lowest BCUT2D eigenvalue weighted by Gasteiger charge is -2.58. The van der Waals surface area contributed by atoms with Gasteiger partial charge in [-0.3, -0.25) is 4.79 Å². The molecule has 9 atom stereocenters. The summed E-state index contributed by atoms with van der Waals surface area (Å²) in [6.07, 6.45) is 42.8. The molecule has 0 aromatic heterocycles. The number of rotatable bonds is 19. The Morgan fingerprint density at radius 1 is 0.816 bits per heavy atom. The second kappa shape index (κ2) is 19.7. The monoisotopic (exact) mass is 673 g/mol. The van der Waals surface area contributed by atoms with E-state index in [-0.39, 0.29) is 12.1 Å². The Hall–Kier alpha value is -1.83. The SMILES string of the molecule is CC/C=C/C/C=C/C/C=C/C/C=C/CCCCCC(=O)OC1CCC2(C)C(=CCC3C2CCC2(C)C(C(C)CCC(C)C(C)C)CCC32)C1. The number of esters is 1. The van der Waals surface area contributed by atoms with Crippen LogP contribution in [-0.2, 0) is 9.53 Å². The van der Waals surface area contributed by atoms with Crippen molar-refractivity contribution in [3.63, 3.8) is 0 Å². The van der Waals surface area contributed by atoms with Crippen LogP contribution in [0.2, 0.25) is 0 Å². The van der Waals surface area contributed by atoms with Gasteiger partial charge in [0.05, 0.1) is 0 Å². The van der Waals surface area contributed by atoms with Crippen molar-refractivity contribution < 1.29 is 9.53 Å². The molecule has 4 aliphatic carbocycles. The first-order chi connectivity index (χ1) is 23.6. The zero-order valence-corrected chi connectivity index (χ0v) is 33.1. The molecule has 0 radical (unpaired) electrons. The van der Waals surface area contributed by atoms with Crippen molar-refractivity contribution in [1.29, 1.82) is 0 Å². The molecule has 3 saturated carbocycles. The molecule has 0 spiro atoms. The molecule has 0 aliphatic heterocycles. The highest BCUT2D eigenvalue weighted by atomic mass is 16.5. The fraction of sp³-hybridized carbons (Fsp3) is 0.766. The van der Waals surface area contributed by atoms with Gasteiger partial charge in [-0.1, -0.05) is 128 Å². The standard InChI is InChI=1S/C47H76O2/c1-8-9-10-11-12-13-14-15-16-17-18-19-20-21-22-23-24-45(48)49-40-31-33-46(6)39(35-40)27-28-41-43-30-29-42(47(43,7)34-32-44(41)46)38(5)26-25-37(4)36(2)3/h9-10,12-13,15-16,18-19,27,36-38,40-44H,8,11,14,17,20-26,28-35H2,1-7H3/b10-9+,13-12+,16-15+,19-18+. The Balaban J connectivity index is 1.14. The third kappa shape index (κ3) is 10.8. The number of allylic oxidation sites excluding steroid dienone is 9.